The van der Waals surface area contributed by atoms with Crippen LogP contribution in [0, 0.1) is 11.8 Å². The van der Waals surface area contributed by atoms with Crippen LogP contribution in [0.2, 0.25) is 0 Å². The largest absolute Gasteiger partial charge is 0.339 e. The molecule has 1 N–H and O–H groups in total. The molecule has 0 radical (unpaired) electrons. The predicted molar refractivity (Wildman–Crippen MR) is 143 cm³/mol. The summed E-state index contributed by atoms with van der Waals surface area (Å²) in [4.78, 5) is 47.7. The summed E-state index contributed by atoms with van der Waals surface area (Å²) in [6.45, 7) is 5.54. The van der Waals surface area contributed by atoms with Crippen molar-refractivity contribution in [2.75, 3.05) is 13.1 Å². The van der Waals surface area contributed by atoms with E-state index in [1.54, 1.807) is 6.20 Å². The molecule has 1 atom stereocenters. The van der Waals surface area contributed by atoms with Gasteiger partial charge in [-0.05, 0) is 72.6 Å². The second-order valence-electron chi connectivity index (χ2n) is 10.7. The zero-order valence-corrected chi connectivity index (χ0v) is 21.5. The third-order valence-electron chi connectivity index (χ3n) is 7.84. The molecule has 2 aromatic carbocycles. The minimum absolute atomic E-state index is 0.0130. The Balaban J connectivity index is 1.32. The number of piperidine rings is 1. The SMILES string of the molecule is CC(C)CC[C@]1(C2CCN(C(=O)c3ccc4ccccc4c3)CC2)NC(=O)N(Cc2ccccn2)C1=O. The average Bonchev–Trinajstić information content (AvgIpc) is 3.17. The van der Waals surface area contributed by atoms with Crippen molar-refractivity contribution in [3.63, 3.8) is 0 Å². The highest BCUT2D eigenvalue weighted by atomic mass is 16.2. The minimum atomic E-state index is -0.936. The summed E-state index contributed by atoms with van der Waals surface area (Å²) in [6, 6.07) is 19.0. The van der Waals surface area contributed by atoms with Crippen molar-refractivity contribution in [3.05, 3.63) is 78.1 Å². The molecule has 0 spiro atoms. The Bertz CT molecular complexity index is 1300. The van der Waals surface area contributed by atoms with Gasteiger partial charge in [0.05, 0.1) is 12.2 Å². The Morgan fingerprint density at radius 1 is 1.03 bits per heavy atom. The number of rotatable bonds is 7. The topological polar surface area (TPSA) is 82.6 Å². The monoisotopic (exact) mass is 498 g/mol. The molecule has 192 valence electrons. The smallest absolute Gasteiger partial charge is 0.325 e. The molecule has 2 aliphatic rings. The number of hydrogen-bond donors (Lipinski definition) is 1. The Morgan fingerprint density at radius 2 is 1.76 bits per heavy atom. The molecule has 2 fully saturated rings. The van der Waals surface area contributed by atoms with Crippen molar-refractivity contribution in [1.29, 1.82) is 0 Å². The molecule has 0 bridgehead atoms. The van der Waals surface area contributed by atoms with E-state index < -0.39 is 5.54 Å². The van der Waals surface area contributed by atoms with Crippen molar-refractivity contribution in [2.24, 2.45) is 11.8 Å². The van der Waals surface area contributed by atoms with Crippen LogP contribution in [-0.4, -0.2) is 51.3 Å². The first kappa shape index (κ1) is 24.9. The summed E-state index contributed by atoms with van der Waals surface area (Å²) < 4.78 is 0. The van der Waals surface area contributed by atoms with Crippen LogP contribution in [-0.2, 0) is 11.3 Å². The third kappa shape index (κ3) is 4.95. The molecule has 0 unspecified atom stereocenters. The van der Waals surface area contributed by atoms with Crippen LogP contribution in [0.3, 0.4) is 0 Å². The molecule has 1 aromatic heterocycles. The van der Waals surface area contributed by atoms with Gasteiger partial charge in [-0.15, -0.1) is 0 Å². The summed E-state index contributed by atoms with van der Waals surface area (Å²) >= 11 is 0. The van der Waals surface area contributed by atoms with Gasteiger partial charge in [0, 0.05) is 24.8 Å². The van der Waals surface area contributed by atoms with Gasteiger partial charge in [0.2, 0.25) is 0 Å². The van der Waals surface area contributed by atoms with Gasteiger partial charge < -0.3 is 10.2 Å². The lowest BCUT2D eigenvalue weighted by atomic mass is 9.73. The molecule has 4 amide bonds. The van der Waals surface area contributed by atoms with Crippen molar-refractivity contribution in [2.45, 2.75) is 51.6 Å². The van der Waals surface area contributed by atoms with E-state index in [-0.39, 0.29) is 30.3 Å². The lowest BCUT2D eigenvalue weighted by Gasteiger charge is -2.41. The first-order chi connectivity index (χ1) is 17.9. The number of aromatic nitrogens is 1. The highest BCUT2D eigenvalue weighted by Gasteiger charge is 2.55. The van der Waals surface area contributed by atoms with E-state index >= 15 is 0 Å². The van der Waals surface area contributed by atoms with Crippen LogP contribution in [0.4, 0.5) is 4.79 Å². The predicted octanol–water partition coefficient (Wildman–Crippen LogP) is 5.01. The van der Waals surface area contributed by atoms with Gasteiger partial charge in [0.25, 0.3) is 11.8 Å². The van der Waals surface area contributed by atoms with Crippen LogP contribution in [0.1, 0.15) is 55.6 Å². The second kappa shape index (κ2) is 10.3. The molecule has 3 heterocycles. The Morgan fingerprint density at radius 3 is 2.46 bits per heavy atom. The molecule has 3 aromatic rings. The lowest BCUT2D eigenvalue weighted by molar-refractivity contribution is -0.134. The van der Waals surface area contributed by atoms with E-state index in [0.717, 1.165) is 17.2 Å². The number of carbonyl (C=O) groups excluding carboxylic acids is 3. The van der Waals surface area contributed by atoms with Gasteiger partial charge in [-0.2, -0.15) is 0 Å². The highest BCUT2D eigenvalue weighted by molar-refractivity contribution is 6.07. The van der Waals surface area contributed by atoms with Crippen molar-refractivity contribution < 1.29 is 14.4 Å². The van der Waals surface area contributed by atoms with E-state index in [2.05, 4.69) is 24.1 Å². The van der Waals surface area contributed by atoms with Crippen LogP contribution < -0.4 is 5.32 Å². The molecule has 7 nitrogen and oxygen atoms in total. The Labute approximate surface area is 217 Å². The van der Waals surface area contributed by atoms with Crippen molar-refractivity contribution >= 4 is 28.6 Å². The van der Waals surface area contributed by atoms with Crippen LogP contribution in [0.25, 0.3) is 10.8 Å². The quantitative estimate of drug-likeness (QED) is 0.464. The lowest BCUT2D eigenvalue weighted by Crippen LogP contribution is -2.56. The first-order valence-electron chi connectivity index (χ1n) is 13.2. The average molecular weight is 499 g/mol. The van der Waals surface area contributed by atoms with E-state index in [0.29, 0.717) is 49.5 Å². The van der Waals surface area contributed by atoms with Crippen molar-refractivity contribution in [1.82, 2.24) is 20.1 Å². The summed E-state index contributed by atoms with van der Waals surface area (Å²) in [6.07, 6.45) is 4.43. The number of urea groups is 1. The van der Waals surface area contributed by atoms with Crippen LogP contribution >= 0.6 is 0 Å². The molecule has 0 saturated carbocycles. The maximum atomic E-state index is 13.8. The number of hydrogen-bond acceptors (Lipinski definition) is 4. The summed E-state index contributed by atoms with van der Waals surface area (Å²) in [5.41, 5.74) is 0.425. The molecule has 2 saturated heterocycles. The number of nitrogens with one attached hydrogen (secondary N) is 1. The number of carbonyl (C=O) groups is 3. The fraction of sp³-hybridized carbons (Fsp3) is 0.400. The summed E-state index contributed by atoms with van der Waals surface area (Å²) in [7, 11) is 0. The van der Waals surface area contributed by atoms with E-state index in [4.69, 9.17) is 0 Å². The number of benzene rings is 2. The Hall–Kier alpha value is -3.74. The molecule has 2 aliphatic heterocycles. The maximum absolute atomic E-state index is 13.8. The van der Waals surface area contributed by atoms with Crippen LogP contribution in [0.5, 0.6) is 0 Å². The number of imide groups is 1. The van der Waals surface area contributed by atoms with Gasteiger partial charge in [0.1, 0.15) is 5.54 Å². The zero-order chi connectivity index (χ0) is 26.0. The third-order valence-corrected chi connectivity index (χ3v) is 7.84. The number of amides is 4. The number of fused-ring (bicyclic) bond motifs is 1. The first-order valence-corrected chi connectivity index (χ1v) is 13.2. The fourth-order valence-electron chi connectivity index (χ4n) is 5.69. The molecular formula is C30H34N4O3. The van der Waals surface area contributed by atoms with E-state index in [9.17, 15) is 14.4 Å². The van der Waals surface area contributed by atoms with E-state index in [1.165, 1.54) is 4.90 Å². The van der Waals surface area contributed by atoms with Crippen molar-refractivity contribution in [3.8, 4) is 0 Å². The number of pyridine rings is 1. The van der Waals surface area contributed by atoms with Crippen LogP contribution in [0.15, 0.2) is 66.9 Å². The van der Waals surface area contributed by atoms with Gasteiger partial charge in [-0.1, -0.05) is 50.2 Å². The standard InChI is InChI=1S/C30H34N4O3/c1-21(2)12-15-30(28(36)34(29(37)32-30)20-26-9-5-6-16-31-26)25-13-17-33(18-14-25)27(35)24-11-10-22-7-3-4-8-23(22)19-24/h3-11,16,19,21,25H,12-15,17-18,20H2,1-2H3,(H,32,37)/t30-/m1/s1. The zero-order valence-electron chi connectivity index (χ0n) is 21.5. The highest BCUT2D eigenvalue weighted by Crippen LogP contribution is 2.38. The fourth-order valence-corrected chi connectivity index (χ4v) is 5.69. The normalized spacial score (nSPS) is 20.6. The van der Waals surface area contributed by atoms with Gasteiger partial charge in [-0.3, -0.25) is 19.5 Å². The Kier molecular flexibility index (Phi) is 6.96. The number of nitrogens with zero attached hydrogens (tertiary/aromatic N) is 3. The molecule has 5 rings (SSSR count). The second-order valence-corrected chi connectivity index (χ2v) is 10.7. The summed E-state index contributed by atoms with van der Waals surface area (Å²) in [5, 5.41) is 5.27. The van der Waals surface area contributed by atoms with Gasteiger partial charge in [-0.25, -0.2) is 4.79 Å². The molecule has 37 heavy (non-hydrogen) atoms. The number of likely N-dealkylation sites (tertiary alicyclic amines) is 1. The molecular weight excluding hydrogens is 464 g/mol. The minimum Gasteiger partial charge on any atom is -0.339 e. The summed E-state index contributed by atoms with van der Waals surface area (Å²) in [5.74, 6) is 0.222. The van der Waals surface area contributed by atoms with E-state index in [1.807, 2.05) is 65.6 Å². The maximum Gasteiger partial charge on any atom is 0.325 e. The molecule has 7 heteroatoms. The van der Waals surface area contributed by atoms with Gasteiger partial charge in [0.15, 0.2) is 0 Å². The molecule has 0 aliphatic carbocycles. The van der Waals surface area contributed by atoms with Gasteiger partial charge >= 0.3 is 6.03 Å².